The van der Waals surface area contributed by atoms with Gasteiger partial charge in [0.25, 0.3) is 0 Å². The summed E-state index contributed by atoms with van der Waals surface area (Å²) in [5, 5.41) is 13.0. The number of anilines is 1. The number of para-hydroxylation sites is 1. The standard InChI is InChI=1S/C13H21N3O.HI/c1-10(2)13(3,17)9-15-12(14)16-11-7-5-4-6-8-11;/h4-8,10,17H,9H2,1-3H3,(H3,14,15,16);1H. The molecule has 0 heterocycles. The molecule has 0 aliphatic heterocycles. The van der Waals surface area contributed by atoms with Gasteiger partial charge in [0.15, 0.2) is 5.96 Å². The monoisotopic (exact) mass is 363 g/mol. The normalized spacial score (nSPS) is 14.8. The van der Waals surface area contributed by atoms with E-state index in [1.807, 2.05) is 44.2 Å². The number of nitrogens with two attached hydrogens (primary N) is 1. The van der Waals surface area contributed by atoms with Crippen molar-refractivity contribution in [3.05, 3.63) is 30.3 Å². The molecule has 1 unspecified atom stereocenters. The maximum Gasteiger partial charge on any atom is 0.193 e. The number of nitrogens with zero attached hydrogens (tertiary/aromatic N) is 1. The largest absolute Gasteiger partial charge is 0.388 e. The van der Waals surface area contributed by atoms with E-state index in [0.29, 0.717) is 5.96 Å². The average Bonchev–Trinajstić information content (AvgIpc) is 2.28. The highest BCUT2D eigenvalue weighted by Gasteiger charge is 2.24. The smallest absolute Gasteiger partial charge is 0.193 e. The summed E-state index contributed by atoms with van der Waals surface area (Å²) in [6.45, 7) is 5.96. The molecular weight excluding hydrogens is 341 g/mol. The molecule has 0 saturated carbocycles. The second-order valence-corrected chi connectivity index (χ2v) is 4.70. The minimum Gasteiger partial charge on any atom is -0.388 e. The van der Waals surface area contributed by atoms with Crippen LogP contribution in [0.1, 0.15) is 20.8 Å². The summed E-state index contributed by atoms with van der Waals surface area (Å²) in [6.07, 6.45) is 0. The third kappa shape index (κ3) is 5.68. The van der Waals surface area contributed by atoms with Gasteiger partial charge in [-0.2, -0.15) is 0 Å². The van der Waals surface area contributed by atoms with E-state index in [-0.39, 0.29) is 36.4 Å². The summed E-state index contributed by atoms with van der Waals surface area (Å²) in [5.74, 6) is 0.452. The second kappa shape index (κ2) is 7.58. The van der Waals surface area contributed by atoms with E-state index in [2.05, 4.69) is 10.3 Å². The topological polar surface area (TPSA) is 70.6 Å². The maximum absolute atomic E-state index is 10.0. The summed E-state index contributed by atoms with van der Waals surface area (Å²) in [5.41, 5.74) is 5.80. The Kier molecular flexibility index (Phi) is 7.23. The van der Waals surface area contributed by atoms with Crippen molar-refractivity contribution in [2.45, 2.75) is 26.4 Å². The Labute approximate surface area is 126 Å². The van der Waals surface area contributed by atoms with Crippen LogP contribution in [0.4, 0.5) is 5.69 Å². The number of benzene rings is 1. The molecule has 0 bridgehead atoms. The van der Waals surface area contributed by atoms with Gasteiger partial charge in [0, 0.05) is 5.69 Å². The zero-order valence-corrected chi connectivity index (χ0v) is 13.4. The van der Waals surface area contributed by atoms with Crippen molar-refractivity contribution in [1.29, 1.82) is 0 Å². The van der Waals surface area contributed by atoms with Crippen molar-refractivity contribution in [3.63, 3.8) is 0 Å². The lowest BCUT2D eigenvalue weighted by Gasteiger charge is -2.25. The lowest BCUT2D eigenvalue weighted by molar-refractivity contribution is 0.0230. The van der Waals surface area contributed by atoms with Crippen LogP contribution in [-0.2, 0) is 0 Å². The fourth-order valence-electron chi connectivity index (χ4n) is 1.14. The van der Waals surface area contributed by atoms with Gasteiger partial charge in [-0.1, -0.05) is 32.0 Å². The zero-order valence-electron chi connectivity index (χ0n) is 11.1. The van der Waals surface area contributed by atoms with Gasteiger partial charge in [0.2, 0.25) is 0 Å². The highest BCUT2D eigenvalue weighted by molar-refractivity contribution is 14.0. The van der Waals surface area contributed by atoms with Crippen molar-refractivity contribution in [2.75, 3.05) is 11.9 Å². The molecule has 0 saturated heterocycles. The van der Waals surface area contributed by atoms with Crippen LogP contribution in [-0.4, -0.2) is 23.2 Å². The molecule has 0 aromatic heterocycles. The van der Waals surface area contributed by atoms with Crippen LogP contribution in [0.3, 0.4) is 0 Å². The van der Waals surface area contributed by atoms with Crippen LogP contribution >= 0.6 is 24.0 Å². The first-order valence-electron chi connectivity index (χ1n) is 5.76. The Hall–Kier alpha value is -0.820. The van der Waals surface area contributed by atoms with Crippen molar-refractivity contribution in [2.24, 2.45) is 16.6 Å². The van der Waals surface area contributed by atoms with Gasteiger partial charge in [-0.3, -0.25) is 4.99 Å². The van der Waals surface area contributed by atoms with Crippen LogP contribution < -0.4 is 11.1 Å². The fourth-order valence-corrected chi connectivity index (χ4v) is 1.14. The maximum atomic E-state index is 10.0. The van der Waals surface area contributed by atoms with Crippen molar-refractivity contribution < 1.29 is 5.11 Å². The van der Waals surface area contributed by atoms with Crippen LogP contribution in [0.25, 0.3) is 0 Å². The Bertz CT molecular complexity index is 377. The predicted molar refractivity (Wildman–Crippen MR) is 87.4 cm³/mol. The van der Waals surface area contributed by atoms with E-state index in [1.54, 1.807) is 6.92 Å². The van der Waals surface area contributed by atoms with E-state index in [1.165, 1.54) is 0 Å². The SMILES string of the molecule is CC(C)C(C)(O)CN=C(N)Nc1ccccc1.I. The van der Waals surface area contributed by atoms with E-state index in [4.69, 9.17) is 5.73 Å². The first-order valence-corrected chi connectivity index (χ1v) is 5.76. The van der Waals surface area contributed by atoms with Crippen molar-refractivity contribution >= 4 is 35.6 Å². The summed E-state index contributed by atoms with van der Waals surface area (Å²) >= 11 is 0. The molecule has 0 spiro atoms. The van der Waals surface area contributed by atoms with Gasteiger partial charge in [0.05, 0.1) is 12.1 Å². The first kappa shape index (κ1) is 17.2. The molecule has 0 aliphatic rings. The third-order valence-corrected chi connectivity index (χ3v) is 2.86. The summed E-state index contributed by atoms with van der Waals surface area (Å²) in [4.78, 5) is 4.15. The quantitative estimate of drug-likeness (QED) is 0.437. The number of hydrogen-bond acceptors (Lipinski definition) is 2. The molecule has 1 aromatic carbocycles. The molecule has 1 aromatic rings. The average molecular weight is 363 g/mol. The minimum atomic E-state index is -0.830. The molecule has 1 atom stereocenters. The molecule has 5 heteroatoms. The number of rotatable bonds is 4. The van der Waals surface area contributed by atoms with E-state index >= 15 is 0 Å². The molecular formula is C13H22IN3O. The van der Waals surface area contributed by atoms with Gasteiger partial charge >= 0.3 is 0 Å². The van der Waals surface area contributed by atoms with Crippen LogP contribution in [0.5, 0.6) is 0 Å². The van der Waals surface area contributed by atoms with Gasteiger partial charge in [0.1, 0.15) is 0 Å². The van der Waals surface area contributed by atoms with E-state index in [9.17, 15) is 5.11 Å². The molecule has 0 amide bonds. The van der Waals surface area contributed by atoms with Gasteiger partial charge in [-0.25, -0.2) is 0 Å². The second-order valence-electron chi connectivity index (χ2n) is 4.70. The molecule has 1 rings (SSSR count). The lowest BCUT2D eigenvalue weighted by atomic mass is 9.93. The lowest BCUT2D eigenvalue weighted by Crippen LogP contribution is -2.36. The molecule has 4 nitrogen and oxygen atoms in total. The molecule has 0 fully saturated rings. The van der Waals surface area contributed by atoms with Crippen LogP contribution in [0.2, 0.25) is 0 Å². The Morgan fingerprint density at radius 3 is 2.44 bits per heavy atom. The van der Waals surface area contributed by atoms with E-state index in [0.717, 1.165) is 5.69 Å². The molecule has 0 radical (unpaired) electrons. The molecule has 102 valence electrons. The highest BCUT2D eigenvalue weighted by Crippen LogP contribution is 2.16. The number of aliphatic imine (C=N–C) groups is 1. The third-order valence-electron chi connectivity index (χ3n) is 2.86. The summed E-state index contributed by atoms with van der Waals surface area (Å²) in [7, 11) is 0. The van der Waals surface area contributed by atoms with Crippen LogP contribution in [0.15, 0.2) is 35.3 Å². The minimum absolute atomic E-state index is 0. The number of hydrogen-bond donors (Lipinski definition) is 3. The molecule has 18 heavy (non-hydrogen) atoms. The Morgan fingerprint density at radius 1 is 1.39 bits per heavy atom. The Balaban J connectivity index is 0.00000289. The number of guanidine groups is 1. The summed E-state index contributed by atoms with van der Waals surface area (Å²) in [6, 6.07) is 9.58. The van der Waals surface area contributed by atoms with Gasteiger partial charge in [-0.05, 0) is 25.0 Å². The zero-order chi connectivity index (χ0) is 12.9. The Morgan fingerprint density at radius 2 is 1.94 bits per heavy atom. The fraction of sp³-hybridized carbons (Fsp3) is 0.462. The van der Waals surface area contributed by atoms with Gasteiger partial charge in [-0.15, -0.1) is 24.0 Å². The summed E-state index contributed by atoms with van der Waals surface area (Å²) < 4.78 is 0. The van der Waals surface area contributed by atoms with Crippen LogP contribution in [0, 0.1) is 5.92 Å². The van der Waals surface area contributed by atoms with Crippen molar-refractivity contribution in [3.8, 4) is 0 Å². The highest BCUT2D eigenvalue weighted by atomic mass is 127. The number of nitrogens with one attached hydrogen (secondary N) is 1. The van der Waals surface area contributed by atoms with Crippen molar-refractivity contribution in [1.82, 2.24) is 0 Å². The van der Waals surface area contributed by atoms with E-state index < -0.39 is 5.60 Å². The first-order chi connectivity index (χ1) is 7.92. The molecule has 0 aliphatic carbocycles. The number of halogens is 1. The predicted octanol–water partition coefficient (Wildman–Crippen LogP) is 2.44. The van der Waals surface area contributed by atoms with Gasteiger partial charge < -0.3 is 16.2 Å². The molecule has 4 N–H and O–H groups in total. The number of aliphatic hydroxyl groups is 1.